The number of aliphatic imine (C=N–C) groups is 1. The van der Waals surface area contributed by atoms with Crippen molar-refractivity contribution in [2.45, 2.75) is 6.61 Å². The van der Waals surface area contributed by atoms with Gasteiger partial charge in [0.15, 0.2) is 0 Å². The van der Waals surface area contributed by atoms with Gasteiger partial charge in [0.2, 0.25) is 0 Å². The fraction of sp³-hybridized carbons (Fsp3) is 0.133. The number of alkyl halides is 2. The molecule has 6 heteroatoms. The van der Waals surface area contributed by atoms with Gasteiger partial charge in [-0.2, -0.15) is 8.78 Å². The van der Waals surface area contributed by atoms with E-state index in [2.05, 4.69) is 15.0 Å². The summed E-state index contributed by atoms with van der Waals surface area (Å²) in [6, 6.07) is 13.7. The quantitative estimate of drug-likeness (QED) is 0.934. The molecule has 0 spiro atoms. The van der Waals surface area contributed by atoms with Crippen LogP contribution >= 0.6 is 0 Å². The number of nitrogens with zero attached hydrogens (tertiary/aromatic N) is 1. The average molecular weight is 290 g/mol. The van der Waals surface area contributed by atoms with E-state index in [0.29, 0.717) is 12.4 Å². The second-order valence-electron chi connectivity index (χ2n) is 4.34. The van der Waals surface area contributed by atoms with E-state index >= 15 is 0 Å². The van der Waals surface area contributed by atoms with Gasteiger partial charge in [0.05, 0.1) is 0 Å². The minimum absolute atomic E-state index is 0.114. The van der Waals surface area contributed by atoms with E-state index in [1.807, 2.05) is 24.3 Å². The monoisotopic (exact) mass is 290 g/mol. The van der Waals surface area contributed by atoms with Gasteiger partial charge in [-0.05, 0) is 36.4 Å². The molecule has 4 nitrogen and oxygen atoms in total. The molecule has 0 saturated carbocycles. The molecule has 1 aliphatic heterocycles. The zero-order valence-corrected chi connectivity index (χ0v) is 10.9. The number of halogens is 2. The Bertz CT molecular complexity index is 657. The van der Waals surface area contributed by atoms with Gasteiger partial charge in [-0.25, -0.2) is 4.99 Å². The van der Waals surface area contributed by atoms with E-state index in [0.717, 1.165) is 17.1 Å². The van der Waals surface area contributed by atoms with Crippen molar-refractivity contribution in [3.05, 3.63) is 48.5 Å². The lowest BCUT2D eigenvalue weighted by Crippen LogP contribution is -2.23. The predicted octanol–water partition coefficient (Wildman–Crippen LogP) is 3.82. The zero-order chi connectivity index (χ0) is 14.7. The Balaban J connectivity index is 1.71. The molecule has 3 rings (SSSR count). The number of rotatable bonds is 3. The van der Waals surface area contributed by atoms with Gasteiger partial charge < -0.3 is 14.8 Å². The summed E-state index contributed by atoms with van der Waals surface area (Å²) >= 11 is 0. The number of amidine groups is 1. The second-order valence-corrected chi connectivity index (χ2v) is 4.34. The minimum Gasteiger partial charge on any atom is -0.483 e. The van der Waals surface area contributed by atoms with Gasteiger partial charge in [0.1, 0.15) is 29.6 Å². The molecule has 0 atom stereocenters. The maximum absolute atomic E-state index is 12.1. The highest BCUT2D eigenvalue weighted by Crippen LogP contribution is 2.30. The Kier molecular flexibility index (Phi) is 3.68. The van der Waals surface area contributed by atoms with Crippen LogP contribution in [0, 0.1) is 0 Å². The summed E-state index contributed by atoms with van der Waals surface area (Å²) in [4.78, 5) is 4.44. The zero-order valence-electron chi connectivity index (χ0n) is 10.9. The van der Waals surface area contributed by atoms with Crippen molar-refractivity contribution in [2.75, 3.05) is 11.9 Å². The van der Waals surface area contributed by atoms with Crippen LogP contribution in [-0.4, -0.2) is 19.1 Å². The fourth-order valence-electron chi connectivity index (χ4n) is 1.95. The number of ether oxygens (including phenoxy) is 2. The molecule has 0 aliphatic carbocycles. The van der Waals surface area contributed by atoms with Crippen LogP contribution < -0.4 is 14.8 Å². The van der Waals surface area contributed by atoms with Crippen molar-refractivity contribution in [1.29, 1.82) is 0 Å². The first-order valence-electron chi connectivity index (χ1n) is 6.32. The van der Waals surface area contributed by atoms with Gasteiger partial charge >= 0.3 is 6.61 Å². The molecule has 0 saturated heterocycles. The lowest BCUT2D eigenvalue weighted by molar-refractivity contribution is -0.0498. The summed E-state index contributed by atoms with van der Waals surface area (Å²) in [6.45, 7) is -2.50. The Morgan fingerprint density at radius 2 is 1.86 bits per heavy atom. The van der Waals surface area contributed by atoms with Crippen molar-refractivity contribution in [3.63, 3.8) is 0 Å². The van der Waals surface area contributed by atoms with E-state index in [4.69, 9.17) is 4.74 Å². The molecule has 1 aliphatic rings. The Hall–Kier alpha value is -2.63. The number of benzene rings is 2. The number of para-hydroxylation sites is 2. The molecule has 1 heterocycles. The van der Waals surface area contributed by atoms with Crippen LogP contribution in [0.2, 0.25) is 0 Å². The van der Waals surface area contributed by atoms with E-state index in [1.165, 1.54) is 12.1 Å². The molecule has 108 valence electrons. The Morgan fingerprint density at radius 3 is 2.62 bits per heavy atom. The third-order valence-corrected chi connectivity index (χ3v) is 2.85. The standard InChI is InChI=1S/C15H12F2N2O2/c16-15(17)21-11-7-5-10(6-8-11)18-14-9-20-13-4-2-1-3-12(13)19-14/h1-8,15H,9H2,(H,18,19). The summed E-state index contributed by atoms with van der Waals surface area (Å²) in [5.74, 6) is 1.50. The second kappa shape index (κ2) is 5.78. The van der Waals surface area contributed by atoms with Crippen LogP contribution in [0.3, 0.4) is 0 Å². The first kappa shape index (κ1) is 13.4. The van der Waals surface area contributed by atoms with E-state index < -0.39 is 6.61 Å². The average Bonchev–Trinajstić information content (AvgIpc) is 2.49. The van der Waals surface area contributed by atoms with Crippen molar-refractivity contribution in [3.8, 4) is 11.5 Å². The highest BCUT2D eigenvalue weighted by atomic mass is 19.3. The molecule has 21 heavy (non-hydrogen) atoms. The Morgan fingerprint density at radius 1 is 1.10 bits per heavy atom. The molecule has 2 aromatic carbocycles. The van der Waals surface area contributed by atoms with Crippen molar-refractivity contribution in [2.24, 2.45) is 4.99 Å². The lowest BCUT2D eigenvalue weighted by atomic mass is 10.2. The molecular weight excluding hydrogens is 278 g/mol. The van der Waals surface area contributed by atoms with Crippen LogP contribution in [-0.2, 0) is 0 Å². The molecule has 0 unspecified atom stereocenters. The van der Waals surface area contributed by atoms with Gasteiger partial charge in [0, 0.05) is 5.69 Å². The summed E-state index contributed by atoms with van der Waals surface area (Å²) < 4.78 is 34.0. The highest BCUT2D eigenvalue weighted by molar-refractivity contribution is 5.99. The molecule has 0 amide bonds. The van der Waals surface area contributed by atoms with E-state index in [-0.39, 0.29) is 5.75 Å². The smallest absolute Gasteiger partial charge is 0.387 e. The van der Waals surface area contributed by atoms with Crippen molar-refractivity contribution >= 4 is 17.2 Å². The van der Waals surface area contributed by atoms with E-state index in [9.17, 15) is 8.78 Å². The predicted molar refractivity (Wildman–Crippen MR) is 75.7 cm³/mol. The number of nitrogens with one attached hydrogen (secondary N) is 1. The van der Waals surface area contributed by atoms with Crippen LogP contribution in [0.25, 0.3) is 0 Å². The maximum Gasteiger partial charge on any atom is 0.387 e. The van der Waals surface area contributed by atoms with Crippen LogP contribution in [0.15, 0.2) is 53.5 Å². The summed E-state index contributed by atoms with van der Waals surface area (Å²) in [5, 5.41) is 3.08. The fourth-order valence-corrected chi connectivity index (χ4v) is 1.95. The molecule has 0 aromatic heterocycles. The SMILES string of the molecule is FC(F)Oc1ccc(NC2=Nc3ccccc3OC2)cc1. The number of hydrogen-bond donors (Lipinski definition) is 1. The molecular formula is C15H12F2N2O2. The highest BCUT2D eigenvalue weighted by Gasteiger charge is 2.12. The van der Waals surface area contributed by atoms with Gasteiger partial charge in [-0.1, -0.05) is 12.1 Å². The van der Waals surface area contributed by atoms with Gasteiger partial charge in [-0.15, -0.1) is 0 Å². The van der Waals surface area contributed by atoms with Crippen LogP contribution in [0.5, 0.6) is 11.5 Å². The minimum atomic E-state index is -2.82. The third-order valence-electron chi connectivity index (χ3n) is 2.85. The first-order valence-corrected chi connectivity index (χ1v) is 6.32. The van der Waals surface area contributed by atoms with Crippen LogP contribution in [0.4, 0.5) is 20.2 Å². The van der Waals surface area contributed by atoms with E-state index in [1.54, 1.807) is 12.1 Å². The van der Waals surface area contributed by atoms with Crippen LogP contribution in [0.1, 0.15) is 0 Å². The number of anilines is 1. The first-order chi connectivity index (χ1) is 10.2. The molecule has 2 aromatic rings. The normalized spacial score (nSPS) is 13.2. The number of hydrogen-bond acceptors (Lipinski definition) is 4. The molecule has 0 fully saturated rings. The molecule has 0 bridgehead atoms. The number of fused-ring (bicyclic) bond motifs is 1. The van der Waals surface area contributed by atoms with Crippen molar-refractivity contribution in [1.82, 2.24) is 0 Å². The third kappa shape index (κ3) is 3.28. The Labute approximate surface area is 120 Å². The summed E-state index contributed by atoms with van der Waals surface area (Å²) in [5.41, 5.74) is 1.47. The maximum atomic E-state index is 12.1. The lowest BCUT2D eigenvalue weighted by Gasteiger charge is -2.18. The summed E-state index contributed by atoms with van der Waals surface area (Å²) in [7, 11) is 0. The topological polar surface area (TPSA) is 42.8 Å². The molecule has 0 radical (unpaired) electrons. The largest absolute Gasteiger partial charge is 0.483 e. The molecule has 1 N–H and O–H groups in total. The van der Waals surface area contributed by atoms with Gasteiger partial charge in [-0.3, -0.25) is 0 Å². The van der Waals surface area contributed by atoms with Crippen molar-refractivity contribution < 1.29 is 18.3 Å². The summed E-state index contributed by atoms with van der Waals surface area (Å²) in [6.07, 6.45) is 0. The van der Waals surface area contributed by atoms with Gasteiger partial charge in [0.25, 0.3) is 0 Å².